The number of benzene rings is 2. The summed E-state index contributed by atoms with van der Waals surface area (Å²) in [7, 11) is 3.12. The van der Waals surface area contributed by atoms with Crippen molar-refractivity contribution in [2.24, 2.45) is 0 Å². The minimum atomic E-state index is -0.786. The van der Waals surface area contributed by atoms with Crippen LogP contribution in [-0.4, -0.2) is 86.8 Å². The van der Waals surface area contributed by atoms with Gasteiger partial charge in [-0.15, -0.1) is 0 Å². The molecule has 0 aromatic heterocycles. The standard InChI is InChI=1S/C30H38N2O7/c1-5-6-15-39-24-10-7-21(19-25(24)37-4)27-26(28(33)23-9-8-22(36-3)18-20(23)2)29(34)30(35)32(27)12-11-31-13-16-38-17-14-31/h7-10,18-19,27,33H,5-6,11-17H2,1-4H3/b28-26+. The zero-order chi connectivity index (χ0) is 27.9. The first-order valence-electron chi connectivity index (χ1n) is 13.4. The summed E-state index contributed by atoms with van der Waals surface area (Å²) in [4.78, 5) is 30.6. The van der Waals surface area contributed by atoms with Gasteiger partial charge in [0.25, 0.3) is 11.7 Å². The van der Waals surface area contributed by atoms with Gasteiger partial charge in [0.2, 0.25) is 0 Å². The van der Waals surface area contributed by atoms with Crippen molar-refractivity contribution in [1.82, 2.24) is 9.80 Å². The van der Waals surface area contributed by atoms with Gasteiger partial charge in [-0.3, -0.25) is 14.5 Å². The smallest absolute Gasteiger partial charge is 0.295 e. The van der Waals surface area contributed by atoms with E-state index in [1.165, 1.54) is 0 Å². The third kappa shape index (κ3) is 6.20. The minimum absolute atomic E-state index is 0.0527. The number of ketones is 1. The van der Waals surface area contributed by atoms with E-state index in [-0.39, 0.29) is 11.3 Å². The largest absolute Gasteiger partial charge is 0.507 e. The Morgan fingerprint density at radius 3 is 2.46 bits per heavy atom. The highest BCUT2D eigenvalue weighted by molar-refractivity contribution is 6.46. The Bertz CT molecular complexity index is 1220. The van der Waals surface area contributed by atoms with Crippen molar-refractivity contribution in [3.05, 3.63) is 58.7 Å². The summed E-state index contributed by atoms with van der Waals surface area (Å²) in [5.74, 6) is 0.165. The van der Waals surface area contributed by atoms with Crippen LogP contribution in [0.2, 0.25) is 0 Å². The average Bonchev–Trinajstić information content (AvgIpc) is 3.21. The van der Waals surface area contributed by atoms with Crippen molar-refractivity contribution in [2.75, 3.05) is 60.2 Å². The topological polar surface area (TPSA) is 97.8 Å². The predicted molar refractivity (Wildman–Crippen MR) is 147 cm³/mol. The van der Waals surface area contributed by atoms with Crippen molar-refractivity contribution in [3.63, 3.8) is 0 Å². The Balaban J connectivity index is 1.77. The summed E-state index contributed by atoms with van der Waals surface area (Å²) in [6, 6.07) is 9.83. The van der Waals surface area contributed by atoms with Crippen molar-refractivity contribution >= 4 is 17.4 Å². The van der Waals surface area contributed by atoms with Crippen LogP contribution in [0.15, 0.2) is 42.0 Å². The molecule has 0 bridgehead atoms. The highest BCUT2D eigenvalue weighted by Gasteiger charge is 2.46. The van der Waals surface area contributed by atoms with Gasteiger partial charge >= 0.3 is 0 Å². The van der Waals surface area contributed by atoms with Crippen LogP contribution in [0.1, 0.15) is 42.5 Å². The second-order valence-corrected chi connectivity index (χ2v) is 9.74. The molecular weight excluding hydrogens is 500 g/mol. The van der Waals surface area contributed by atoms with Crippen LogP contribution in [0.5, 0.6) is 17.2 Å². The first-order valence-corrected chi connectivity index (χ1v) is 13.4. The number of unbranched alkanes of at least 4 members (excludes halogenated alkanes) is 1. The van der Waals surface area contributed by atoms with E-state index in [2.05, 4.69) is 11.8 Å². The predicted octanol–water partition coefficient (Wildman–Crippen LogP) is 3.95. The lowest BCUT2D eigenvalue weighted by Crippen LogP contribution is -2.42. The number of rotatable bonds is 11. The highest BCUT2D eigenvalue weighted by Crippen LogP contribution is 2.42. The van der Waals surface area contributed by atoms with Crippen LogP contribution >= 0.6 is 0 Å². The summed E-state index contributed by atoms with van der Waals surface area (Å²) in [5, 5.41) is 11.5. The lowest BCUT2D eigenvalue weighted by Gasteiger charge is -2.31. The van der Waals surface area contributed by atoms with Crippen LogP contribution < -0.4 is 14.2 Å². The van der Waals surface area contributed by atoms with Gasteiger partial charge in [0.1, 0.15) is 11.5 Å². The molecule has 2 fully saturated rings. The second-order valence-electron chi connectivity index (χ2n) is 9.74. The molecule has 2 aromatic carbocycles. The third-order valence-corrected chi connectivity index (χ3v) is 7.25. The molecule has 2 aliphatic rings. The maximum absolute atomic E-state index is 13.5. The van der Waals surface area contributed by atoms with E-state index in [4.69, 9.17) is 18.9 Å². The Hall–Kier alpha value is -3.56. The normalized spacial score (nSPS) is 19.4. The molecule has 210 valence electrons. The van der Waals surface area contributed by atoms with Crippen molar-refractivity contribution < 1.29 is 33.6 Å². The van der Waals surface area contributed by atoms with Gasteiger partial charge in [-0.2, -0.15) is 0 Å². The molecule has 0 spiro atoms. The summed E-state index contributed by atoms with van der Waals surface area (Å²) in [6.45, 7) is 8.18. The number of nitrogens with zero attached hydrogens (tertiary/aromatic N) is 2. The number of likely N-dealkylation sites (tertiary alicyclic amines) is 1. The number of aryl methyl sites for hydroxylation is 1. The number of methoxy groups -OCH3 is 2. The molecule has 9 nitrogen and oxygen atoms in total. The maximum Gasteiger partial charge on any atom is 0.295 e. The maximum atomic E-state index is 13.5. The van der Waals surface area contributed by atoms with Gasteiger partial charge in [-0.25, -0.2) is 0 Å². The lowest BCUT2D eigenvalue weighted by atomic mass is 9.93. The molecule has 2 aliphatic heterocycles. The van der Waals surface area contributed by atoms with Crippen molar-refractivity contribution in [3.8, 4) is 17.2 Å². The Kier molecular flexibility index (Phi) is 9.48. The fraction of sp³-hybridized carbons (Fsp3) is 0.467. The number of carbonyl (C=O) groups excluding carboxylic acids is 2. The zero-order valence-corrected chi connectivity index (χ0v) is 23.2. The third-order valence-electron chi connectivity index (χ3n) is 7.25. The van der Waals surface area contributed by atoms with Crippen molar-refractivity contribution in [2.45, 2.75) is 32.7 Å². The summed E-state index contributed by atoms with van der Waals surface area (Å²) in [5.41, 5.74) is 1.90. The van der Waals surface area contributed by atoms with Crippen LogP contribution in [-0.2, 0) is 14.3 Å². The number of amides is 1. The average molecular weight is 539 g/mol. The van der Waals surface area contributed by atoms with Gasteiger partial charge in [-0.1, -0.05) is 19.4 Å². The van der Waals surface area contributed by atoms with Gasteiger partial charge in [0.05, 0.1) is 45.7 Å². The van der Waals surface area contributed by atoms with Gasteiger partial charge in [0, 0.05) is 31.7 Å². The minimum Gasteiger partial charge on any atom is -0.507 e. The lowest BCUT2D eigenvalue weighted by molar-refractivity contribution is -0.140. The number of carbonyl (C=O) groups is 2. The first-order chi connectivity index (χ1) is 18.9. The molecule has 2 saturated heterocycles. The van der Waals surface area contributed by atoms with E-state index in [9.17, 15) is 14.7 Å². The number of Topliss-reactive ketones (excluding diaryl/α,β-unsaturated/α-hetero) is 1. The summed E-state index contributed by atoms with van der Waals surface area (Å²) >= 11 is 0. The number of hydrogen-bond donors (Lipinski definition) is 1. The Morgan fingerprint density at radius 2 is 1.79 bits per heavy atom. The number of morpholine rings is 1. The quantitative estimate of drug-likeness (QED) is 0.199. The molecule has 39 heavy (non-hydrogen) atoms. The summed E-state index contributed by atoms with van der Waals surface area (Å²) < 4.78 is 22.3. The van der Waals surface area contributed by atoms with E-state index in [1.807, 2.05) is 13.0 Å². The molecule has 2 heterocycles. The van der Waals surface area contributed by atoms with E-state index < -0.39 is 17.7 Å². The number of aliphatic hydroxyl groups excluding tert-OH is 1. The Labute approximate surface area is 229 Å². The van der Waals surface area contributed by atoms with E-state index in [0.29, 0.717) is 61.3 Å². The second kappa shape index (κ2) is 13.0. The molecule has 1 N–H and O–H groups in total. The van der Waals surface area contributed by atoms with Gasteiger partial charge in [-0.05, 0) is 54.8 Å². The van der Waals surface area contributed by atoms with E-state index >= 15 is 0 Å². The molecule has 1 unspecified atom stereocenters. The van der Waals surface area contributed by atoms with Gasteiger partial charge in [0.15, 0.2) is 11.5 Å². The molecule has 4 rings (SSSR count). The molecule has 9 heteroatoms. The van der Waals surface area contributed by atoms with E-state index in [1.54, 1.807) is 49.5 Å². The van der Waals surface area contributed by atoms with E-state index in [0.717, 1.165) is 31.5 Å². The molecule has 2 aromatic rings. The molecule has 0 aliphatic carbocycles. The van der Waals surface area contributed by atoms with Gasteiger partial charge < -0.3 is 29.0 Å². The first kappa shape index (κ1) is 28.4. The van der Waals surface area contributed by atoms with Crippen LogP contribution in [0.3, 0.4) is 0 Å². The SMILES string of the molecule is CCCCOc1ccc(C2/C(=C(\O)c3ccc(OC)cc3C)C(=O)C(=O)N2CCN2CCOCC2)cc1OC. The fourth-order valence-corrected chi connectivity index (χ4v) is 5.01. The number of aliphatic hydroxyl groups is 1. The monoisotopic (exact) mass is 538 g/mol. The molecule has 1 amide bonds. The number of ether oxygens (including phenoxy) is 4. The number of hydrogen-bond acceptors (Lipinski definition) is 8. The Morgan fingerprint density at radius 1 is 1.03 bits per heavy atom. The van der Waals surface area contributed by atoms with Crippen molar-refractivity contribution in [1.29, 1.82) is 0 Å². The zero-order valence-electron chi connectivity index (χ0n) is 23.2. The molecule has 0 radical (unpaired) electrons. The summed E-state index contributed by atoms with van der Waals surface area (Å²) in [6.07, 6.45) is 1.91. The molecule has 1 atom stereocenters. The van der Waals surface area contributed by atoms with Crippen LogP contribution in [0.25, 0.3) is 5.76 Å². The van der Waals surface area contributed by atoms with Crippen LogP contribution in [0.4, 0.5) is 0 Å². The fourth-order valence-electron chi connectivity index (χ4n) is 5.01. The molecular formula is C30H38N2O7. The van der Waals surface area contributed by atoms with Crippen LogP contribution in [0, 0.1) is 6.92 Å². The highest BCUT2D eigenvalue weighted by atomic mass is 16.5. The molecule has 0 saturated carbocycles.